The fourth-order valence-corrected chi connectivity index (χ4v) is 3.10. The van der Waals surface area contributed by atoms with Gasteiger partial charge in [0, 0.05) is 28.6 Å². The molecule has 0 aliphatic carbocycles. The van der Waals surface area contributed by atoms with Gasteiger partial charge in [0.15, 0.2) is 5.43 Å². The third kappa shape index (κ3) is 2.44. The summed E-state index contributed by atoms with van der Waals surface area (Å²) in [7, 11) is 0. The molecule has 5 aromatic rings. The molecule has 0 saturated carbocycles. The fraction of sp³-hybridized carbons (Fsp3) is 0. The van der Waals surface area contributed by atoms with Gasteiger partial charge in [0.25, 0.3) is 5.89 Å². The first-order valence-corrected chi connectivity index (χ1v) is 8.24. The molecule has 7 nitrogen and oxygen atoms in total. The van der Waals surface area contributed by atoms with Gasteiger partial charge in [-0.1, -0.05) is 29.4 Å². The molecule has 0 unspecified atom stereocenters. The Morgan fingerprint density at radius 3 is 2.78 bits per heavy atom. The molecular weight excluding hydrogens is 344 g/mol. The molecule has 0 aliphatic rings. The minimum absolute atomic E-state index is 0.0219. The van der Waals surface area contributed by atoms with E-state index in [1.165, 1.54) is 12.1 Å². The number of hydrogen-bond acceptors (Lipinski definition) is 6. The van der Waals surface area contributed by atoms with Crippen molar-refractivity contribution in [3.63, 3.8) is 0 Å². The van der Waals surface area contributed by atoms with Crippen molar-refractivity contribution < 1.29 is 9.63 Å². The van der Waals surface area contributed by atoms with E-state index in [0.717, 1.165) is 16.5 Å². The Bertz CT molecular complexity index is 1370. The van der Waals surface area contributed by atoms with Gasteiger partial charge in [0.05, 0.1) is 11.0 Å². The summed E-state index contributed by atoms with van der Waals surface area (Å²) in [6, 6.07) is 15.6. The summed E-state index contributed by atoms with van der Waals surface area (Å²) >= 11 is 0. The van der Waals surface area contributed by atoms with Gasteiger partial charge in [-0.15, -0.1) is 0 Å². The van der Waals surface area contributed by atoms with Crippen molar-refractivity contribution in [2.75, 3.05) is 0 Å². The summed E-state index contributed by atoms with van der Waals surface area (Å²) in [5, 5.41) is 15.4. The average Bonchev–Trinajstić information content (AvgIpc) is 3.18. The molecule has 5 rings (SSSR count). The molecule has 3 aromatic heterocycles. The Hall–Kier alpha value is -4.00. The van der Waals surface area contributed by atoms with Crippen LogP contribution in [0.2, 0.25) is 0 Å². The zero-order valence-corrected chi connectivity index (χ0v) is 13.9. The maximum atomic E-state index is 12.3. The maximum absolute atomic E-state index is 12.3. The van der Waals surface area contributed by atoms with Crippen LogP contribution in [0.15, 0.2) is 70.1 Å². The number of H-pyrrole nitrogens is 1. The highest BCUT2D eigenvalue weighted by Crippen LogP contribution is 2.28. The van der Waals surface area contributed by atoms with Gasteiger partial charge in [0.2, 0.25) is 5.82 Å². The van der Waals surface area contributed by atoms with Crippen molar-refractivity contribution in [3.05, 3.63) is 71.0 Å². The number of benzene rings is 2. The third-order valence-corrected chi connectivity index (χ3v) is 4.39. The van der Waals surface area contributed by atoms with Gasteiger partial charge < -0.3 is 14.6 Å². The van der Waals surface area contributed by atoms with Crippen molar-refractivity contribution in [3.8, 4) is 28.7 Å². The van der Waals surface area contributed by atoms with Crippen LogP contribution in [0.3, 0.4) is 0 Å². The molecule has 0 radical (unpaired) electrons. The molecule has 0 amide bonds. The quantitative estimate of drug-likeness (QED) is 0.501. The van der Waals surface area contributed by atoms with Gasteiger partial charge in [-0.25, -0.2) is 0 Å². The molecule has 0 bridgehead atoms. The first-order valence-electron chi connectivity index (χ1n) is 8.24. The zero-order chi connectivity index (χ0) is 18.4. The van der Waals surface area contributed by atoms with Crippen LogP contribution >= 0.6 is 0 Å². The lowest BCUT2D eigenvalue weighted by Crippen LogP contribution is -2.03. The van der Waals surface area contributed by atoms with E-state index in [2.05, 4.69) is 20.1 Å². The van der Waals surface area contributed by atoms with Crippen molar-refractivity contribution in [2.24, 2.45) is 0 Å². The van der Waals surface area contributed by atoms with Crippen molar-refractivity contribution in [2.45, 2.75) is 0 Å². The predicted octanol–water partition coefficient (Wildman–Crippen LogP) is 3.50. The van der Waals surface area contributed by atoms with Gasteiger partial charge in [-0.2, -0.15) is 4.98 Å². The number of phenolic OH excluding ortho intramolecular Hbond substituents is 1. The van der Waals surface area contributed by atoms with E-state index in [-0.39, 0.29) is 17.1 Å². The van der Waals surface area contributed by atoms with Crippen LogP contribution in [0.1, 0.15) is 0 Å². The molecule has 3 heterocycles. The molecule has 2 aromatic carbocycles. The summed E-state index contributed by atoms with van der Waals surface area (Å²) < 4.78 is 5.36. The van der Waals surface area contributed by atoms with Crippen LogP contribution in [0, 0.1) is 0 Å². The Labute approximate surface area is 151 Å². The summed E-state index contributed by atoms with van der Waals surface area (Å²) in [5.74, 6) is 0.529. The SMILES string of the molecule is O=c1cc(-c2nc(-c3ccnc4ccccc34)no2)[nH]c2c(O)cccc12. The second kappa shape index (κ2) is 5.77. The van der Waals surface area contributed by atoms with Crippen LogP contribution in [0.25, 0.3) is 44.8 Å². The number of pyridine rings is 2. The Morgan fingerprint density at radius 2 is 1.85 bits per heavy atom. The number of aromatic hydroxyl groups is 1. The first-order chi connectivity index (χ1) is 13.2. The summed E-state index contributed by atoms with van der Waals surface area (Å²) in [5.41, 5.74) is 2.02. The lowest BCUT2D eigenvalue weighted by Gasteiger charge is -2.02. The first kappa shape index (κ1) is 15.3. The molecule has 27 heavy (non-hydrogen) atoms. The highest BCUT2D eigenvalue weighted by atomic mass is 16.5. The number of fused-ring (bicyclic) bond motifs is 2. The van der Waals surface area contributed by atoms with Crippen LogP contribution in [0.5, 0.6) is 5.75 Å². The van der Waals surface area contributed by atoms with E-state index in [0.29, 0.717) is 22.4 Å². The number of para-hydroxylation sites is 2. The van der Waals surface area contributed by atoms with Crippen molar-refractivity contribution in [1.29, 1.82) is 0 Å². The van der Waals surface area contributed by atoms with Crippen LogP contribution in [-0.2, 0) is 0 Å². The predicted molar refractivity (Wildman–Crippen MR) is 100 cm³/mol. The number of nitrogens with one attached hydrogen (secondary N) is 1. The Balaban J connectivity index is 1.67. The van der Waals surface area contributed by atoms with Crippen molar-refractivity contribution in [1.82, 2.24) is 20.1 Å². The second-order valence-corrected chi connectivity index (χ2v) is 6.05. The van der Waals surface area contributed by atoms with E-state index >= 15 is 0 Å². The maximum Gasteiger partial charge on any atom is 0.274 e. The number of aromatic amines is 1. The second-order valence-electron chi connectivity index (χ2n) is 6.05. The van der Waals surface area contributed by atoms with E-state index in [9.17, 15) is 9.90 Å². The largest absolute Gasteiger partial charge is 0.506 e. The highest BCUT2D eigenvalue weighted by Gasteiger charge is 2.15. The highest BCUT2D eigenvalue weighted by molar-refractivity contribution is 5.92. The average molecular weight is 356 g/mol. The molecule has 7 heteroatoms. The zero-order valence-electron chi connectivity index (χ0n) is 13.9. The molecule has 0 atom stereocenters. The Kier molecular flexibility index (Phi) is 3.26. The molecule has 130 valence electrons. The molecule has 0 spiro atoms. The monoisotopic (exact) mass is 356 g/mol. The van der Waals surface area contributed by atoms with Gasteiger partial charge >= 0.3 is 0 Å². The van der Waals surface area contributed by atoms with E-state index < -0.39 is 0 Å². The Morgan fingerprint density at radius 1 is 1.00 bits per heavy atom. The lowest BCUT2D eigenvalue weighted by atomic mass is 10.1. The van der Waals surface area contributed by atoms with Gasteiger partial charge in [0.1, 0.15) is 11.4 Å². The number of phenols is 1. The molecule has 0 aliphatic heterocycles. The smallest absolute Gasteiger partial charge is 0.274 e. The summed E-state index contributed by atoms with van der Waals surface area (Å²) in [4.78, 5) is 24.1. The minimum Gasteiger partial charge on any atom is -0.506 e. The van der Waals surface area contributed by atoms with E-state index in [1.54, 1.807) is 18.3 Å². The minimum atomic E-state index is -0.247. The van der Waals surface area contributed by atoms with Gasteiger partial charge in [-0.05, 0) is 24.3 Å². The number of aromatic nitrogens is 4. The van der Waals surface area contributed by atoms with Crippen LogP contribution in [0.4, 0.5) is 0 Å². The molecule has 2 N–H and O–H groups in total. The van der Waals surface area contributed by atoms with E-state index in [1.807, 2.05) is 30.3 Å². The lowest BCUT2D eigenvalue weighted by molar-refractivity contribution is 0.431. The molecular formula is C20H12N4O3. The topological polar surface area (TPSA) is 105 Å². The van der Waals surface area contributed by atoms with Gasteiger partial charge in [-0.3, -0.25) is 9.78 Å². The summed E-state index contributed by atoms with van der Waals surface area (Å²) in [6.45, 7) is 0. The molecule has 0 saturated heterocycles. The van der Waals surface area contributed by atoms with Crippen LogP contribution < -0.4 is 5.43 Å². The molecule has 0 fully saturated rings. The number of nitrogens with zero attached hydrogens (tertiary/aromatic N) is 3. The summed E-state index contributed by atoms with van der Waals surface area (Å²) in [6.07, 6.45) is 1.68. The standard InChI is InChI=1S/C20H12N4O3/c25-16-7-3-5-13-17(26)10-15(22-18(13)16)20-23-19(24-27-20)12-8-9-21-14-6-2-1-4-11(12)14/h1-10,25H,(H,22,26). The van der Waals surface area contributed by atoms with Crippen LogP contribution in [-0.4, -0.2) is 25.2 Å². The number of hydrogen-bond donors (Lipinski definition) is 2. The normalized spacial score (nSPS) is 11.3. The van der Waals surface area contributed by atoms with Crippen molar-refractivity contribution >= 4 is 21.8 Å². The third-order valence-electron chi connectivity index (χ3n) is 4.39. The fourth-order valence-electron chi connectivity index (χ4n) is 3.10. The number of rotatable bonds is 2. The van der Waals surface area contributed by atoms with E-state index in [4.69, 9.17) is 4.52 Å².